The van der Waals surface area contributed by atoms with Gasteiger partial charge in [-0.05, 0) is 32.4 Å². The topological polar surface area (TPSA) is 69.3 Å². The molecule has 0 saturated carbocycles. The lowest BCUT2D eigenvalue weighted by Gasteiger charge is -2.33. The van der Waals surface area contributed by atoms with E-state index in [2.05, 4.69) is 16.0 Å². The van der Waals surface area contributed by atoms with E-state index < -0.39 is 0 Å². The van der Waals surface area contributed by atoms with E-state index in [1.54, 1.807) is 0 Å². The zero-order valence-electron chi connectivity index (χ0n) is 16.7. The van der Waals surface area contributed by atoms with Gasteiger partial charge in [0.25, 0.3) is 5.56 Å². The summed E-state index contributed by atoms with van der Waals surface area (Å²) in [5.41, 5.74) is 3.93. The van der Waals surface area contributed by atoms with Crippen LogP contribution in [0.1, 0.15) is 47.0 Å². The van der Waals surface area contributed by atoms with Gasteiger partial charge in [-0.3, -0.25) is 9.59 Å². The minimum Gasteiger partial charge on any atom is -0.342 e. The summed E-state index contributed by atoms with van der Waals surface area (Å²) in [6.07, 6.45) is 3.13. The molecule has 1 aromatic carbocycles. The lowest BCUT2D eigenvalue weighted by atomic mass is 9.95. The monoisotopic (exact) mass is 380 g/mol. The van der Waals surface area contributed by atoms with Crippen molar-refractivity contribution < 1.29 is 4.79 Å². The molecule has 1 saturated heterocycles. The molecule has 3 heterocycles. The fourth-order valence-electron chi connectivity index (χ4n) is 4.31. The molecule has 1 atom stereocenters. The van der Waals surface area contributed by atoms with E-state index in [0.29, 0.717) is 19.5 Å². The van der Waals surface area contributed by atoms with Gasteiger partial charge in [-0.2, -0.15) is 0 Å². The number of carbonyl (C=O) groups is 1. The van der Waals surface area contributed by atoms with Gasteiger partial charge in [-0.25, -0.2) is 4.98 Å². The van der Waals surface area contributed by atoms with Crippen molar-refractivity contribution in [2.45, 2.75) is 45.1 Å². The number of carbonyl (C=O) groups excluding carboxylic acids is 1. The molecule has 0 unspecified atom stereocenters. The van der Waals surface area contributed by atoms with Gasteiger partial charge in [-0.1, -0.05) is 29.8 Å². The predicted octanol–water partition coefficient (Wildman–Crippen LogP) is 2.01. The van der Waals surface area contributed by atoms with E-state index in [-0.39, 0.29) is 17.4 Å². The molecule has 2 aliphatic heterocycles. The molecule has 0 radical (unpaired) electrons. The van der Waals surface area contributed by atoms with Crippen LogP contribution in [-0.4, -0.2) is 52.4 Å². The summed E-state index contributed by atoms with van der Waals surface area (Å²) in [5, 5.41) is 0. The Balaban J connectivity index is 1.49. The lowest BCUT2D eigenvalue weighted by molar-refractivity contribution is -0.131. The van der Waals surface area contributed by atoms with E-state index in [4.69, 9.17) is 4.98 Å². The highest BCUT2D eigenvalue weighted by Gasteiger charge is 2.28. The van der Waals surface area contributed by atoms with Crippen molar-refractivity contribution in [3.05, 3.63) is 62.8 Å². The fourth-order valence-corrected chi connectivity index (χ4v) is 4.31. The van der Waals surface area contributed by atoms with Gasteiger partial charge in [0.15, 0.2) is 0 Å². The zero-order chi connectivity index (χ0) is 19.7. The quantitative estimate of drug-likeness (QED) is 0.884. The zero-order valence-corrected chi connectivity index (χ0v) is 16.7. The van der Waals surface area contributed by atoms with Gasteiger partial charge in [0, 0.05) is 38.5 Å². The van der Waals surface area contributed by atoms with Crippen molar-refractivity contribution in [1.29, 1.82) is 0 Å². The number of benzene rings is 1. The van der Waals surface area contributed by atoms with Gasteiger partial charge >= 0.3 is 0 Å². The summed E-state index contributed by atoms with van der Waals surface area (Å²) in [6.45, 7) is 5.03. The molecule has 0 spiro atoms. The van der Waals surface area contributed by atoms with Gasteiger partial charge in [-0.15, -0.1) is 0 Å². The third-order valence-electron chi connectivity index (χ3n) is 5.88. The molecule has 1 aromatic heterocycles. The highest BCUT2D eigenvalue weighted by atomic mass is 16.2. The molecule has 1 amide bonds. The molecular formula is C22H28N4O2. The fraction of sp³-hybridized carbons (Fsp3) is 0.500. The van der Waals surface area contributed by atoms with Crippen molar-refractivity contribution in [3.63, 3.8) is 0 Å². The Morgan fingerprint density at radius 1 is 1.32 bits per heavy atom. The minimum absolute atomic E-state index is 0.0187. The first-order chi connectivity index (χ1) is 13.5. The Labute approximate surface area is 165 Å². The van der Waals surface area contributed by atoms with Crippen molar-refractivity contribution in [2.75, 3.05) is 26.7 Å². The molecule has 1 N–H and O–H groups in total. The molecule has 28 heavy (non-hydrogen) atoms. The predicted molar refractivity (Wildman–Crippen MR) is 108 cm³/mol. The number of amides is 1. The number of likely N-dealkylation sites (N-methyl/N-ethyl adjacent to an activating group) is 1. The van der Waals surface area contributed by atoms with Crippen molar-refractivity contribution in [1.82, 2.24) is 19.8 Å². The third-order valence-corrected chi connectivity index (χ3v) is 5.88. The van der Waals surface area contributed by atoms with Crippen molar-refractivity contribution in [2.24, 2.45) is 0 Å². The van der Waals surface area contributed by atoms with Crippen LogP contribution in [0.15, 0.2) is 29.1 Å². The molecule has 2 aromatic rings. The van der Waals surface area contributed by atoms with Crippen LogP contribution in [-0.2, 0) is 24.2 Å². The lowest BCUT2D eigenvalue weighted by Crippen LogP contribution is -2.41. The Morgan fingerprint density at radius 2 is 2.18 bits per heavy atom. The maximum absolute atomic E-state index is 12.8. The summed E-state index contributed by atoms with van der Waals surface area (Å²) < 4.78 is 0. The number of aromatic amines is 1. The number of rotatable bonds is 3. The molecule has 4 rings (SSSR count). The summed E-state index contributed by atoms with van der Waals surface area (Å²) in [7, 11) is 2.02. The number of fused-ring (bicyclic) bond motifs is 1. The second-order valence-corrected chi connectivity index (χ2v) is 8.21. The number of likely N-dealkylation sites (tertiary alicyclic amines) is 1. The van der Waals surface area contributed by atoms with E-state index >= 15 is 0 Å². The number of hydrogen-bond acceptors (Lipinski definition) is 4. The van der Waals surface area contributed by atoms with E-state index in [0.717, 1.165) is 55.0 Å². The number of aryl methyl sites for hydroxylation is 1. The number of nitrogens with one attached hydrogen (secondary N) is 1. The van der Waals surface area contributed by atoms with Gasteiger partial charge < -0.3 is 14.8 Å². The Morgan fingerprint density at radius 3 is 3.00 bits per heavy atom. The van der Waals surface area contributed by atoms with Crippen molar-refractivity contribution in [3.8, 4) is 0 Å². The SMILES string of the molecule is Cc1cccc(CC(=O)N2CCC[C@@H](c3nc4c(c(=O)[nH]3)CN(C)CC4)C2)c1. The maximum atomic E-state index is 12.8. The maximum Gasteiger partial charge on any atom is 0.255 e. The average Bonchev–Trinajstić information content (AvgIpc) is 2.68. The molecule has 2 aliphatic rings. The largest absolute Gasteiger partial charge is 0.342 e. The van der Waals surface area contributed by atoms with Crippen LogP contribution < -0.4 is 5.56 Å². The van der Waals surface area contributed by atoms with Crippen LogP contribution in [0.3, 0.4) is 0 Å². The third kappa shape index (κ3) is 4.02. The molecular weight excluding hydrogens is 352 g/mol. The Kier molecular flexibility index (Phi) is 5.31. The first-order valence-electron chi connectivity index (χ1n) is 10.1. The molecule has 0 bridgehead atoms. The van der Waals surface area contributed by atoms with Gasteiger partial charge in [0.05, 0.1) is 17.7 Å². The summed E-state index contributed by atoms with van der Waals surface area (Å²) >= 11 is 0. The molecule has 6 nitrogen and oxygen atoms in total. The second kappa shape index (κ2) is 7.87. The van der Waals surface area contributed by atoms with Crippen molar-refractivity contribution >= 4 is 5.91 Å². The van der Waals surface area contributed by atoms with E-state index in [9.17, 15) is 9.59 Å². The first-order valence-corrected chi connectivity index (χ1v) is 10.1. The minimum atomic E-state index is -0.0187. The van der Waals surface area contributed by atoms with Gasteiger partial charge in [0.2, 0.25) is 5.91 Å². The molecule has 6 heteroatoms. The second-order valence-electron chi connectivity index (χ2n) is 8.21. The summed E-state index contributed by atoms with van der Waals surface area (Å²) in [5.74, 6) is 1.01. The highest BCUT2D eigenvalue weighted by molar-refractivity contribution is 5.79. The Bertz CT molecular complexity index is 936. The number of piperidine rings is 1. The van der Waals surface area contributed by atoms with E-state index in [1.165, 1.54) is 5.56 Å². The van der Waals surface area contributed by atoms with Crippen LogP contribution in [0.25, 0.3) is 0 Å². The molecule has 1 fully saturated rings. The van der Waals surface area contributed by atoms with Crippen LogP contribution in [0.2, 0.25) is 0 Å². The van der Waals surface area contributed by atoms with E-state index in [1.807, 2.05) is 37.1 Å². The smallest absolute Gasteiger partial charge is 0.255 e. The summed E-state index contributed by atoms with van der Waals surface area (Å²) in [6, 6.07) is 8.11. The normalized spacial score (nSPS) is 20.1. The number of nitrogens with zero attached hydrogens (tertiary/aromatic N) is 3. The Hall–Kier alpha value is -2.47. The van der Waals surface area contributed by atoms with Crippen LogP contribution in [0, 0.1) is 6.92 Å². The number of H-pyrrole nitrogens is 1. The number of aromatic nitrogens is 2. The highest BCUT2D eigenvalue weighted by Crippen LogP contribution is 2.25. The average molecular weight is 380 g/mol. The number of hydrogen-bond donors (Lipinski definition) is 1. The van der Waals surface area contributed by atoms with Crippen LogP contribution in [0.4, 0.5) is 0 Å². The molecule has 148 valence electrons. The van der Waals surface area contributed by atoms with Gasteiger partial charge in [0.1, 0.15) is 5.82 Å². The standard InChI is InChI=1S/C22H28N4O2/c1-15-5-3-6-16(11-15)12-20(27)26-9-4-7-17(13-26)21-23-19-8-10-25(2)14-18(19)22(28)24-21/h3,5-6,11,17H,4,7-10,12-14H2,1-2H3,(H,23,24,28)/t17-/m1/s1. The summed E-state index contributed by atoms with van der Waals surface area (Å²) in [4.78, 5) is 37.3. The van der Waals surface area contributed by atoms with Crippen LogP contribution >= 0.6 is 0 Å². The first kappa shape index (κ1) is 18.9. The van der Waals surface area contributed by atoms with Crippen LogP contribution in [0.5, 0.6) is 0 Å². The molecule has 0 aliphatic carbocycles.